The summed E-state index contributed by atoms with van der Waals surface area (Å²) >= 11 is 12.0. The number of nitrogens with one attached hydrogen (secondary N) is 2. The third-order valence-corrected chi connectivity index (χ3v) is 4.73. The number of nitrogens with zero attached hydrogens (tertiary/aromatic N) is 4. The maximum absolute atomic E-state index is 12.4. The number of anilines is 3. The van der Waals surface area contributed by atoms with Gasteiger partial charge in [0.1, 0.15) is 23.8 Å². The molecule has 7 nitrogen and oxygen atoms in total. The molecule has 2 aromatic heterocycles. The number of aromatic nitrogens is 4. The quantitative estimate of drug-likeness (QED) is 0.443. The molecule has 9 heteroatoms. The number of carbonyl (C=O) groups is 1. The van der Waals surface area contributed by atoms with Gasteiger partial charge >= 0.3 is 0 Å². The standard InChI is InChI=1S/C21H16Cl2N6O/c1-13-25-19(11-20(26-13)29-9-8-24-12-29)27-15-3-5-16(6-4-15)28-21(30)17-7-2-14(22)10-18(17)23/h2-12H,1H3,(H,28,30)(H,25,26,27). The van der Waals surface area contributed by atoms with E-state index in [4.69, 9.17) is 23.2 Å². The molecule has 4 rings (SSSR count). The van der Waals surface area contributed by atoms with Crippen molar-refractivity contribution >= 4 is 46.3 Å². The average Bonchev–Trinajstić information content (AvgIpc) is 3.24. The first kappa shape index (κ1) is 19.9. The minimum atomic E-state index is -0.311. The molecule has 0 aliphatic carbocycles. The zero-order valence-electron chi connectivity index (χ0n) is 15.8. The highest BCUT2D eigenvalue weighted by atomic mass is 35.5. The van der Waals surface area contributed by atoms with E-state index in [0.29, 0.717) is 38.8 Å². The van der Waals surface area contributed by atoms with Gasteiger partial charge in [-0.1, -0.05) is 23.2 Å². The number of benzene rings is 2. The first-order valence-electron chi connectivity index (χ1n) is 8.95. The van der Waals surface area contributed by atoms with Gasteiger partial charge in [-0.2, -0.15) is 0 Å². The Kier molecular flexibility index (Phi) is 5.65. The molecule has 0 unspecified atom stereocenters. The highest BCUT2D eigenvalue weighted by Crippen LogP contribution is 2.23. The summed E-state index contributed by atoms with van der Waals surface area (Å²) in [7, 11) is 0. The van der Waals surface area contributed by atoms with Gasteiger partial charge < -0.3 is 10.6 Å². The van der Waals surface area contributed by atoms with Crippen LogP contribution >= 0.6 is 23.2 Å². The van der Waals surface area contributed by atoms with Crippen LogP contribution in [-0.4, -0.2) is 25.4 Å². The highest BCUT2D eigenvalue weighted by Gasteiger charge is 2.11. The second-order valence-electron chi connectivity index (χ2n) is 6.41. The van der Waals surface area contributed by atoms with Gasteiger partial charge in [0, 0.05) is 34.9 Å². The van der Waals surface area contributed by atoms with E-state index in [1.165, 1.54) is 6.07 Å². The van der Waals surface area contributed by atoms with Crippen LogP contribution in [0, 0.1) is 6.92 Å². The van der Waals surface area contributed by atoms with Crippen molar-refractivity contribution in [1.82, 2.24) is 19.5 Å². The Morgan fingerprint density at radius 1 is 1.00 bits per heavy atom. The summed E-state index contributed by atoms with van der Waals surface area (Å²) in [6.07, 6.45) is 5.18. The van der Waals surface area contributed by atoms with Crippen LogP contribution in [-0.2, 0) is 0 Å². The predicted octanol–water partition coefficient (Wildman–Crippen LogP) is 5.27. The molecule has 2 N–H and O–H groups in total. The molecular weight excluding hydrogens is 423 g/mol. The Hall–Kier alpha value is -3.42. The van der Waals surface area contributed by atoms with Gasteiger partial charge in [-0.25, -0.2) is 15.0 Å². The van der Waals surface area contributed by atoms with E-state index < -0.39 is 0 Å². The number of aryl methyl sites for hydroxylation is 1. The van der Waals surface area contributed by atoms with Crippen LogP contribution in [0.5, 0.6) is 0 Å². The normalized spacial score (nSPS) is 10.6. The third kappa shape index (κ3) is 4.59. The van der Waals surface area contributed by atoms with Gasteiger partial charge in [0.25, 0.3) is 5.91 Å². The number of halogens is 2. The fraction of sp³-hybridized carbons (Fsp3) is 0.0476. The van der Waals surface area contributed by atoms with Crippen LogP contribution in [0.15, 0.2) is 67.3 Å². The molecule has 2 aromatic carbocycles. The Morgan fingerprint density at radius 3 is 2.47 bits per heavy atom. The Morgan fingerprint density at radius 2 is 1.77 bits per heavy atom. The lowest BCUT2D eigenvalue weighted by Crippen LogP contribution is -2.12. The monoisotopic (exact) mass is 438 g/mol. The topological polar surface area (TPSA) is 84.7 Å². The third-order valence-electron chi connectivity index (χ3n) is 4.18. The highest BCUT2D eigenvalue weighted by molar-refractivity contribution is 6.37. The molecule has 0 atom stereocenters. The summed E-state index contributed by atoms with van der Waals surface area (Å²) in [5, 5.41) is 6.83. The van der Waals surface area contributed by atoms with Gasteiger partial charge in [-0.15, -0.1) is 0 Å². The molecule has 30 heavy (non-hydrogen) atoms. The number of imidazole rings is 1. The smallest absolute Gasteiger partial charge is 0.257 e. The van der Waals surface area contributed by atoms with Crippen LogP contribution in [0.3, 0.4) is 0 Å². The van der Waals surface area contributed by atoms with Gasteiger partial charge in [0.15, 0.2) is 0 Å². The van der Waals surface area contributed by atoms with Crippen molar-refractivity contribution in [2.45, 2.75) is 6.92 Å². The van der Waals surface area contributed by atoms with Gasteiger partial charge in [0.2, 0.25) is 0 Å². The van der Waals surface area contributed by atoms with E-state index in [9.17, 15) is 4.79 Å². The van der Waals surface area contributed by atoms with Gasteiger partial charge in [-0.3, -0.25) is 9.36 Å². The van der Waals surface area contributed by atoms with Crippen molar-refractivity contribution < 1.29 is 4.79 Å². The molecule has 0 radical (unpaired) electrons. The SMILES string of the molecule is Cc1nc(Nc2ccc(NC(=O)c3ccc(Cl)cc3Cl)cc2)cc(-n2ccnc2)n1. The molecule has 150 valence electrons. The van der Waals surface area contributed by atoms with Crippen LogP contribution in [0.2, 0.25) is 10.0 Å². The first-order valence-corrected chi connectivity index (χ1v) is 9.71. The summed E-state index contributed by atoms with van der Waals surface area (Å²) in [6.45, 7) is 1.83. The number of rotatable bonds is 5. The van der Waals surface area contributed by atoms with E-state index in [-0.39, 0.29) is 5.91 Å². The van der Waals surface area contributed by atoms with Crippen LogP contribution < -0.4 is 10.6 Å². The molecule has 0 fully saturated rings. The Bertz CT molecular complexity index is 1190. The van der Waals surface area contributed by atoms with Gasteiger partial charge in [0.05, 0.1) is 10.6 Å². The molecule has 0 saturated carbocycles. The van der Waals surface area contributed by atoms with Crippen LogP contribution in [0.1, 0.15) is 16.2 Å². The minimum Gasteiger partial charge on any atom is -0.340 e. The van der Waals surface area contributed by atoms with Crippen molar-refractivity contribution in [2.75, 3.05) is 10.6 Å². The summed E-state index contributed by atoms with van der Waals surface area (Å²) in [4.78, 5) is 25.3. The molecule has 0 bridgehead atoms. The number of carbonyl (C=O) groups excluding carboxylic acids is 1. The average molecular weight is 439 g/mol. The van der Waals surface area contributed by atoms with Crippen molar-refractivity contribution in [1.29, 1.82) is 0 Å². The second kappa shape index (κ2) is 8.52. The fourth-order valence-electron chi connectivity index (χ4n) is 2.80. The Balaban J connectivity index is 1.47. The van der Waals surface area contributed by atoms with E-state index >= 15 is 0 Å². The zero-order chi connectivity index (χ0) is 21.1. The molecular formula is C21H16Cl2N6O. The van der Waals surface area contributed by atoms with Crippen molar-refractivity contribution in [3.63, 3.8) is 0 Å². The van der Waals surface area contributed by atoms with Crippen LogP contribution in [0.4, 0.5) is 17.2 Å². The summed E-state index contributed by atoms with van der Waals surface area (Å²) in [6, 6.07) is 13.8. The largest absolute Gasteiger partial charge is 0.340 e. The molecule has 2 heterocycles. The molecule has 0 aliphatic heterocycles. The molecule has 0 aliphatic rings. The maximum atomic E-state index is 12.4. The fourth-order valence-corrected chi connectivity index (χ4v) is 3.29. The number of amides is 1. The summed E-state index contributed by atoms with van der Waals surface area (Å²) in [5.74, 6) is 1.68. The molecule has 1 amide bonds. The number of hydrogen-bond acceptors (Lipinski definition) is 5. The molecule has 0 spiro atoms. The van der Waals surface area contributed by atoms with Gasteiger partial charge in [-0.05, 0) is 49.4 Å². The zero-order valence-corrected chi connectivity index (χ0v) is 17.3. The summed E-state index contributed by atoms with van der Waals surface area (Å²) in [5.41, 5.74) is 1.80. The van der Waals surface area contributed by atoms with E-state index in [1.54, 1.807) is 41.4 Å². The van der Waals surface area contributed by atoms with Crippen LogP contribution in [0.25, 0.3) is 5.82 Å². The lowest BCUT2D eigenvalue weighted by atomic mass is 10.2. The van der Waals surface area contributed by atoms with Crippen molar-refractivity contribution in [3.05, 3.63) is 88.7 Å². The van der Waals surface area contributed by atoms with E-state index in [2.05, 4.69) is 25.6 Å². The second-order valence-corrected chi connectivity index (χ2v) is 7.25. The molecule has 4 aromatic rings. The van der Waals surface area contributed by atoms with E-state index in [1.807, 2.05) is 31.3 Å². The lowest BCUT2D eigenvalue weighted by Gasteiger charge is -2.11. The van der Waals surface area contributed by atoms with E-state index in [0.717, 1.165) is 5.69 Å². The predicted molar refractivity (Wildman–Crippen MR) is 118 cm³/mol. The lowest BCUT2D eigenvalue weighted by molar-refractivity contribution is 0.102. The molecule has 0 saturated heterocycles. The van der Waals surface area contributed by atoms with Crippen molar-refractivity contribution in [2.24, 2.45) is 0 Å². The Labute approximate surface area is 182 Å². The van der Waals surface area contributed by atoms with Crippen molar-refractivity contribution in [3.8, 4) is 5.82 Å². The maximum Gasteiger partial charge on any atom is 0.257 e. The first-order chi connectivity index (χ1) is 14.5. The summed E-state index contributed by atoms with van der Waals surface area (Å²) < 4.78 is 1.81. The number of hydrogen-bond donors (Lipinski definition) is 2. The minimum absolute atomic E-state index is 0.297.